The van der Waals surface area contributed by atoms with Gasteiger partial charge in [0.25, 0.3) is 0 Å². The van der Waals surface area contributed by atoms with Gasteiger partial charge in [0.2, 0.25) is 0 Å². The summed E-state index contributed by atoms with van der Waals surface area (Å²) in [6, 6.07) is 1.41. The molecule has 1 heterocycles. The topological polar surface area (TPSA) is 48.1 Å². The Morgan fingerprint density at radius 1 is 1.46 bits per heavy atom. The monoisotopic (exact) mass is 184 g/mol. The highest BCUT2D eigenvalue weighted by atomic mass is 19.1. The van der Waals surface area contributed by atoms with Gasteiger partial charge in [-0.25, -0.2) is 4.39 Å². The lowest BCUT2D eigenvalue weighted by atomic mass is 10.3. The van der Waals surface area contributed by atoms with Crippen LogP contribution in [0.2, 0.25) is 0 Å². The van der Waals surface area contributed by atoms with Gasteiger partial charge in [0.1, 0.15) is 5.82 Å². The molecule has 0 aliphatic carbocycles. The molecular weight excluding hydrogens is 171 g/mol. The standard InChI is InChI=1S/C9H13FN2O/c10-9-4-8(5-12-6-9)7-13-3-1-2-11/h4-6H,1-3,7,11H2. The van der Waals surface area contributed by atoms with Crippen LogP contribution in [0.5, 0.6) is 0 Å². The van der Waals surface area contributed by atoms with Crippen molar-refractivity contribution < 1.29 is 9.13 Å². The first-order valence-corrected chi connectivity index (χ1v) is 4.20. The molecule has 0 saturated carbocycles. The van der Waals surface area contributed by atoms with Crippen molar-refractivity contribution in [3.8, 4) is 0 Å². The van der Waals surface area contributed by atoms with E-state index in [1.165, 1.54) is 12.3 Å². The van der Waals surface area contributed by atoms with Gasteiger partial charge in [-0.2, -0.15) is 0 Å². The van der Waals surface area contributed by atoms with E-state index < -0.39 is 0 Å². The fraction of sp³-hybridized carbons (Fsp3) is 0.444. The maximum Gasteiger partial charge on any atom is 0.141 e. The fourth-order valence-corrected chi connectivity index (χ4v) is 0.910. The quantitative estimate of drug-likeness (QED) is 0.697. The highest BCUT2D eigenvalue weighted by Gasteiger charge is 1.95. The average molecular weight is 184 g/mol. The third kappa shape index (κ3) is 3.96. The van der Waals surface area contributed by atoms with E-state index in [0.717, 1.165) is 12.0 Å². The maximum atomic E-state index is 12.6. The summed E-state index contributed by atoms with van der Waals surface area (Å²) in [7, 11) is 0. The van der Waals surface area contributed by atoms with Crippen molar-refractivity contribution in [1.29, 1.82) is 0 Å². The fourth-order valence-electron chi connectivity index (χ4n) is 0.910. The van der Waals surface area contributed by atoms with Gasteiger partial charge in [-0.05, 0) is 24.6 Å². The van der Waals surface area contributed by atoms with Crippen LogP contribution in [0.15, 0.2) is 18.5 Å². The second-order valence-corrected chi connectivity index (χ2v) is 2.71. The van der Waals surface area contributed by atoms with Crippen LogP contribution in [0.3, 0.4) is 0 Å². The van der Waals surface area contributed by atoms with Crippen molar-refractivity contribution >= 4 is 0 Å². The van der Waals surface area contributed by atoms with E-state index in [2.05, 4.69) is 4.98 Å². The first-order valence-electron chi connectivity index (χ1n) is 4.20. The van der Waals surface area contributed by atoms with Gasteiger partial charge in [0.05, 0.1) is 12.8 Å². The van der Waals surface area contributed by atoms with Crippen LogP contribution >= 0.6 is 0 Å². The Balaban J connectivity index is 2.28. The molecule has 1 aromatic heterocycles. The molecule has 1 rings (SSSR count). The Kier molecular flexibility index (Phi) is 4.35. The van der Waals surface area contributed by atoms with Crippen molar-refractivity contribution in [1.82, 2.24) is 4.98 Å². The highest BCUT2D eigenvalue weighted by Crippen LogP contribution is 2.02. The maximum absolute atomic E-state index is 12.6. The largest absolute Gasteiger partial charge is 0.377 e. The van der Waals surface area contributed by atoms with Crippen LogP contribution in [0.25, 0.3) is 0 Å². The van der Waals surface area contributed by atoms with Crippen molar-refractivity contribution in [2.75, 3.05) is 13.2 Å². The predicted molar refractivity (Wildman–Crippen MR) is 47.5 cm³/mol. The Morgan fingerprint density at radius 3 is 3.00 bits per heavy atom. The minimum Gasteiger partial charge on any atom is -0.377 e. The molecule has 0 aliphatic rings. The number of nitrogens with zero attached hydrogens (tertiary/aromatic N) is 1. The molecule has 2 N–H and O–H groups in total. The SMILES string of the molecule is NCCCOCc1cncc(F)c1. The molecule has 0 radical (unpaired) electrons. The van der Waals surface area contributed by atoms with Crippen molar-refractivity contribution in [3.63, 3.8) is 0 Å². The molecule has 0 spiro atoms. The van der Waals surface area contributed by atoms with Gasteiger partial charge >= 0.3 is 0 Å². The molecule has 13 heavy (non-hydrogen) atoms. The number of aromatic nitrogens is 1. The molecule has 3 nitrogen and oxygen atoms in total. The third-order valence-corrected chi connectivity index (χ3v) is 1.52. The summed E-state index contributed by atoms with van der Waals surface area (Å²) in [6.45, 7) is 1.61. The van der Waals surface area contributed by atoms with E-state index in [1.807, 2.05) is 0 Å². The molecule has 1 aromatic rings. The van der Waals surface area contributed by atoms with E-state index >= 15 is 0 Å². The van der Waals surface area contributed by atoms with Gasteiger partial charge in [-0.1, -0.05) is 0 Å². The number of hydrogen-bond donors (Lipinski definition) is 1. The Morgan fingerprint density at radius 2 is 2.31 bits per heavy atom. The van der Waals surface area contributed by atoms with E-state index in [9.17, 15) is 4.39 Å². The smallest absolute Gasteiger partial charge is 0.141 e. The van der Waals surface area contributed by atoms with Crippen LogP contribution in [-0.2, 0) is 11.3 Å². The summed E-state index contributed by atoms with van der Waals surface area (Å²) in [5, 5.41) is 0. The Labute approximate surface area is 76.7 Å². The summed E-state index contributed by atoms with van der Waals surface area (Å²) in [5.74, 6) is -0.333. The number of hydrogen-bond acceptors (Lipinski definition) is 3. The second kappa shape index (κ2) is 5.61. The van der Waals surface area contributed by atoms with E-state index in [4.69, 9.17) is 10.5 Å². The van der Waals surface area contributed by atoms with Gasteiger partial charge in [-0.15, -0.1) is 0 Å². The van der Waals surface area contributed by atoms with Crippen molar-refractivity contribution in [2.45, 2.75) is 13.0 Å². The molecule has 0 aliphatic heterocycles. The average Bonchev–Trinajstić information content (AvgIpc) is 2.13. The Hall–Kier alpha value is -1.00. The molecule has 0 saturated heterocycles. The Bertz CT molecular complexity index is 255. The number of nitrogens with two attached hydrogens (primary N) is 1. The number of halogens is 1. The van der Waals surface area contributed by atoms with Crippen LogP contribution < -0.4 is 5.73 Å². The minimum atomic E-state index is -0.333. The van der Waals surface area contributed by atoms with E-state index in [0.29, 0.717) is 19.8 Å². The van der Waals surface area contributed by atoms with Gasteiger partial charge in [0.15, 0.2) is 0 Å². The molecule has 0 unspecified atom stereocenters. The first-order chi connectivity index (χ1) is 6.33. The summed E-state index contributed by atoms with van der Waals surface area (Å²) in [6.07, 6.45) is 3.58. The third-order valence-electron chi connectivity index (χ3n) is 1.52. The molecule has 4 heteroatoms. The number of rotatable bonds is 5. The van der Waals surface area contributed by atoms with Gasteiger partial charge in [0, 0.05) is 12.8 Å². The van der Waals surface area contributed by atoms with E-state index in [1.54, 1.807) is 6.20 Å². The van der Waals surface area contributed by atoms with Crippen LogP contribution in [0.4, 0.5) is 4.39 Å². The molecule has 72 valence electrons. The summed E-state index contributed by atoms with van der Waals surface area (Å²) in [4.78, 5) is 3.70. The lowest BCUT2D eigenvalue weighted by molar-refractivity contribution is 0.119. The van der Waals surface area contributed by atoms with Crippen LogP contribution in [0, 0.1) is 5.82 Å². The zero-order valence-corrected chi connectivity index (χ0v) is 7.37. The highest BCUT2D eigenvalue weighted by molar-refractivity contribution is 5.08. The second-order valence-electron chi connectivity index (χ2n) is 2.71. The summed E-state index contributed by atoms with van der Waals surface area (Å²) < 4.78 is 17.8. The van der Waals surface area contributed by atoms with Crippen molar-refractivity contribution in [2.24, 2.45) is 5.73 Å². The zero-order chi connectivity index (χ0) is 9.52. The molecule has 0 atom stereocenters. The normalized spacial score (nSPS) is 10.3. The van der Waals surface area contributed by atoms with Crippen molar-refractivity contribution in [3.05, 3.63) is 29.8 Å². The van der Waals surface area contributed by atoms with Gasteiger partial charge in [-0.3, -0.25) is 4.98 Å². The summed E-state index contributed by atoms with van der Waals surface area (Å²) >= 11 is 0. The molecule has 0 fully saturated rings. The number of ether oxygens (including phenoxy) is 1. The lowest BCUT2D eigenvalue weighted by Crippen LogP contribution is -2.04. The van der Waals surface area contributed by atoms with E-state index in [-0.39, 0.29) is 5.82 Å². The van der Waals surface area contributed by atoms with Gasteiger partial charge < -0.3 is 10.5 Å². The molecule has 0 aromatic carbocycles. The number of pyridine rings is 1. The molecule has 0 amide bonds. The minimum absolute atomic E-state index is 0.333. The lowest BCUT2D eigenvalue weighted by Gasteiger charge is -2.02. The zero-order valence-electron chi connectivity index (χ0n) is 7.37. The van der Waals surface area contributed by atoms with Crippen LogP contribution in [-0.4, -0.2) is 18.1 Å². The predicted octanol–water partition coefficient (Wildman–Crippen LogP) is 1.09. The molecule has 0 bridgehead atoms. The van der Waals surface area contributed by atoms with Crippen LogP contribution in [0.1, 0.15) is 12.0 Å². The first kappa shape index (κ1) is 10.1. The molecular formula is C9H13FN2O. The summed E-state index contributed by atoms with van der Waals surface area (Å²) in [5.41, 5.74) is 6.03.